The van der Waals surface area contributed by atoms with Crippen LogP contribution in [0.2, 0.25) is 5.02 Å². The van der Waals surface area contributed by atoms with Gasteiger partial charge >= 0.3 is 5.97 Å². The van der Waals surface area contributed by atoms with Crippen LogP contribution >= 0.6 is 11.6 Å². The Balaban J connectivity index is 1.48. The number of amides is 1. The summed E-state index contributed by atoms with van der Waals surface area (Å²) in [5.74, 6) is -0.712. The molecule has 0 aromatic heterocycles. The van der Waals surface area contributed by atoms with E-state index in [9.17, 15) is 14.0 Å². The van der Waals surface area contributed by atoms with Crippen molar-refractivity contribution in [2.24, 2.45) is 5.92 Å². The van der Waals surface area contributed by atoms with Crippen molar-refractivity contribution in [3.05, 3.63) is 94.3 Å². The molecule has 1 aliphatic carbocycles. The summed E-state index contributed by atoms with van der Waals surface area (Å²) in [4.78, 5) is 26.1. The first-order chi connectivity index (χ1) is 15.9. The van der Waals surface area contributed by atoms with E-state index in [0.29, 0.717) is 30.3 Å². The van der Waals surface area contributed by atoms with Crippen molar-refractivity contribution in [3.8, 4) is 11.5 Å². The molecule has 3 aromatic rings. The van der Waals surface area contributed by atoms with E-state index in [0.717, 1.165) is 12.0 Å². The molecule has 4 rings (SSSR count). The first kappa shape index (κ1) is 22.8. The normalized spacial score (nSPS) is 12.9. The van der Waals surface area contributed by atoms with E-state index in [1.807, 2.05) is 0 Å². The maximum absolute atomic E-state index is 14.0. The summed E-state index contributed by atoms with van der Waals surface area (Å²) < 4.78 is 19.5. The Hall–Kier alpha value is -3.38. The number of para-hydroxylation sites is 1. The first-order valence-corrected chi connectivity index (χ1v) is 11.1. The summed E-state index contributed by atoms with van der Waals surface area (Å²) in [7, 11) is 0. The smallest absolute Gasteiger partial charge is 0.335 e. The summed E-state index contributed by atoms with van der Waals surface area (Å²) in [6, 6.07) is 17.4. The molecule has 0 bridgehead atoms. The molecule has 1 N–H and O–H groups in total. The summed E-state index contributed by atoms with van der Waals surface area (Å²) in [5.41, 5.74) is 1.55. The zero-order chi connectivity index (χ0) is 23.4. The average molecular weight is 468 g/mol. The molecule has 1 aliphatic rings. The van der Waals surface area contributed by atoms with E-state index in [1.54, 1.807) is 59.5 Å². The second-order valence-electron chi connectivity index (χ2n) is 8.14. The standard InChI is InChI=1S/C26H23ClFNO4/c27-22-2-1-3-23(28)24(22)33-21-12-10-19(11-13-21)25(30)29(15-14-17-4-5-17)16-18-6-8-20(9-7-18)26(31)32/h1-3,6-13,17H,4-5,14-16H2,(H,31,32). The summed E-state index contributed by atoms with van der Waals surface area (Å²) >= 11 is 6.01. The zero-order valence-electron chi connectivity index (χ0n) is 17.8. The molecule has 170 valence electrons. The minimum atomic E-state index is -0.984. The van der Waals surface area contributed by atoms with Crippen molar-refractivity contribution >= 4 is 23.5 Å². The predicted octanol–water partition coefficient (Wildman–Crippen LogP) is 6.41. The van der Waals surface area contributed by atoms with Gasteiger partial charge in [-0.25, -0.2) is 9.18 Å². The van der Waals surface area contributed by atoms with E-state index >= 15 is 0 Å². The third-order valence-corrected chi connectivity index (χ3v) is 5.90. The van der Waals surface area contributed by atoms with Gasteiger partial charge in [-0.15, -0.1) is 0 Å². The van der Waals surface area contributed by atoms with Crippen LogP contribution in [0.4, 0.5) is 4.39 Å². The summed E-state index contributed by atoms with van der Waals surface area (Å²) in [6.45, 7) is 1.00. The molecule has 5 nitrogen and oxygen atoms in total. The molecule has 0 radical (unpaired) electrons. The van der Waals surface area contributed by atoms with Gasteiger partial charge < -0.3 is 14.7 Å². The lowest BCUT2D eigenvalue weighted by Gasteiger charge is -2.23. The minimum absolute atomic E-state index is 0.0610. The summed E-state index contributed by atoms with van der Waals surface area (Å²) in [6.07, 6.45) is 3.33. The Labute approximate surface area is 196 Å². The molecular weight excluding hydrogens is 445 g/mol. The molecule has 0 heterocycles. The highest BCUT2D eigenvalue weighted by Gasteiger charge is 2.24. The highest BCUT2D eigenvalue weighted by molar-refractivity contribution is 6.32. The quantitative estimate of drug-likeness (QED) is 0.394. The molecule has 1 fully saturated rings. The van der Waals surface area contributed by atoms with Crippen LogP contribution in [0.3, 0.4) is 0 Å². The number of carboxylic acid groups (broad SMARTS) is 1. The average Bonchev–Trinajstić information content (AvgIpc) is 3.64. The summed E-state index contributed by atoms with van der Waals surface area (Å²) in [5, 5.41) is 9.25. The van der Waals surface area contributed by atoms with Crippen LogP contribution in [0.5, 0.6) is 11.5 Å². The van der Waals surface area contributed by atoms with E-state index in [2.05, 4.69) is 0 Å². The van der Waals surface area contributed by atoms with Gasteiger partial charge in [-0.2, -0.15) is 0 Å². The van der Waals surface area contributed by atoms with Crippen molar-refractivity contribution in [2.75, 3.05) is 6.54 Å². The molecule has 1 amide bonds. The van der Waals surface area contributed by atoms with Gasteiger partial charge in [0, 0.05) is 18.7 Å². The van der Waals surface area contributed by atoms with Crippen molar-refractivity contribution in [1.29, 1.82) is 0 Å². The lowest BCUT2D eigenvalue weighted by molar-refractivity contribution is 0.0694. The molecule has 33 heavy (non-hydrogen) atoms. The zero-order valence-corrected chi connectivity index (χ0v) is 18.6. The van der Waals surface area contributed by atoms with E-state index < -0.39 is 11.8 Å². The number of rotatable bonds is 9. The van der Waals surface area contributed by atoms with Crippen LogP contribution in [-0.4, -0.2) is 28.4 Å². The highest BCUT2D eigenvalue weighted by Crippen LogP contribution is 2.33. The van der Waals surface area contributed by atoms with Gasteiger partial charge in [0.15, 0.2) is 11.6 Å². The molecule has 0 atom stereocenters. The van der Waals surface area contributed by atoms with Gasteiger partial charge in [0.05, 0.1) is 10.6 Å². The molecule has 0 spiro atoms. The van der Waals surface area contributed by atoms with Crippen molar-refractivity contribution in [2.45, 2.75) is 25.8 Å². The molecule has 7 heteroatoms. The third-order valence-electron chi connectivity index (χ3n) is 5.61. The fourth-order valence-electron chi connectivity index (χ4n) is 3.52. The van der Waals surface area contributed by atoms with Gasteiger partial charge in [-0.3, -0.25) is 4.79 Å². The number of ether oxygens (including phenoxy) is 1. The largest absolute Gasteiger partial charge is 0.478 e. The minimum Gasteiger partial charge on any atom is -0.478 e. The van der Waals surface area contributed by atoms with Crippen LogP contribution in [0.25, 0.3) is 0 Å². The van der Waals surface area contributed by atoms with Crippen molar-refractivity contribution < 1.29 is 23.8 Å². The van der Waals surface area contributed by atoms with Crippen LogP contribution in [0.1, 0.15) is 45.5 Å². The number of halogens is 2. The fraction of sp³-hybridized carbons (Fsp3) is 0.231. The number of benzene rings is 3. The van der Waals surface area contributed by atoms with E-state index in [-0.39, 0.29) is 22.2 Å². The van der Waals surface area contributed by atoms with Crippen LogP contribution < -0.4 is 4.74 Å². The number of carboxylic acids is 1. The Morgan fingerprint density at radius 2 is 1.67 bits per heavy atom. The number of hydrogen-bond acceptors (Lipinski definition) is 3. The predicted molar refractivity (Wildman–Crippen MR) is 123 cm³/mol. The van der Waals surface area contributed by atoms with E-state index in [1.165, 1.54) is 25.0 Å². The van der Waals surface area contributed by atoms with Crippen molar-refractivity contribution in [3.63, 3.8) is 0 Å². The second kappa shape index (κ2) is 10.0. The van der Waals surface area contributed by atoms with E-state index in [4.69, 9.17) is 21.4 Å². The van der Waals surface area contributed by atoms with Crippen molar-refractivity contribution in [1.82, 2.24) is 4.90 Å². The fourth-order valence-corrected chi connectivity index (χ4v) is 3.72. The lowest BCUT2D eigenvalue weighted by Crippen LogP contribution is -2.31. The Morgan fingerprint density at radius 3 is 2.27 bits per heavy atom. The topological polar surface area (TPSA) is 66.8 Å². The van der Waals surface area contributed by atoms with Gasteiger partial charge in [-0.05, 0) is 66.4 Å². The number of carbonyl (C=O) groups is 2. The van der Waals surface area contributed by atoms with Gasteiger partial charge in [0.25, 0.3) is 5.91 Å². The third kappa shape index (κ3) is 5.90. The maximum atomic E-state index is 14.0. The van der Waals surface area contributed by atoms with Gasteiger partial charge in [0.2, 0.25) is 0 Å². The first-order valence-electron chi connectivity index (χ1n) is 10.7. The second-order valence-corrected chi connectivity index (χ2v) is 8.55. The van der Waals surface area contributed by atoms with Gasteiger partial charge in [-0.1, -0.05) is 42.6 Å². The highest BCUT2D eigenvalue weighted by atomic mass is 35.5. The molecule has 0 unspecified atom stereocenters. The lowest BCUT2D eigenvalue weighted by atomic mass is 10.1. The number of nitrogens with zero attached hydrogens (tertiary/aromatic N) is 1. The SMILES string of the molecule is O=C(O)c1ccc(CN(CCC2CC2)C(=O)c2ccc(Oc3c(F)cccc3Cl)cc2)cc1. The molecular formula is C26H23ClFNO4. The Morgan fingerprint density at radius 1 is 1.00 bits per heavy atom. The maximum Gasteiger partial charge on any atom is 0.335 e. The molecule has 3 aromatic carbocycles. The monoisotopic (exact) mass is 467 g/mol. The van der Waals surface area contributed by atoms with Crippen LogP contribution in [0, 0.1) is 11.7 Å². The van der Waals surface area contributed by atoms with Crippen LogP contribution in [-0.2, 0) is 6.54 Å². The van der Waals surface area contributed by atoms with Gasteiger partial charge in [0.1, 0.15) is 5.75 Å². The Bertz CT molecular complexity index is 1120. The van der Waals surface area contributed by atoms with Crippen LogP contribution in [0.15, 0.2) is 66.7 Å². The number of carbonyl (C=O) groups excluding carboxylic acids is 1. The number of aromatic carboxylic acids is 1. The molecule has 0 aliphatic heterocycles. The Kier molecular flexibility index (Phi) is 6.94. The molecule has 0 saturated heterocycles. The number of hydrogen-bond donors (Lipinski definition) is 1. The molecule has 1 saturated carbocycles.